The molecule has 0 radical (unpaired) electrons. The molecule has 2 atom stereocenters. The standard InChI is InChI=1S/C8H10N2OS2/c1-5-6(11)2-3-7(5)12-8-9-4-10-13-8/h4-5,7H,2-3H2,1H3. The van der Waals surface area contributed by atoms with E-state index in [9.17, 15) is 4.79 Å². The van der Waals surface area contributed by atoms with Crippen molar-refractivity contribution in [3.8, 4) is 0 Å². The van der Waals surface area contributed by atoms with Gasteiger partial charge in [0.25, 0.3) is 0 Å². The highest BCUT2D eigenvalue weighted by atomic mass is 32.2. The maximum absolute atomic E-state index is 11.3. The molecule has 1 saturated carbocycles. The zero-order chi connectivity index (χ0) is 9.26. The van der Waals surface area contributed by atoms with E-state index in [-0.39, 0.29) is 5.92 Å². The van der Waals surface area contributed by atoms with E-state index in [1.165, 1.54) is 11.5 Å². The van der Waals surface area contributed by atoms with Crippen molar-refractivity contribution in [1.29, 1.82) is 0 Å². The van der Waals surface area contributed by atoms with E-state index < -0.39 is 0 Å². The van der Waals surface area contributed by atoms with Gasteiger partial charge in [0.1, 0.15) is 12.1 Å². The molecule has 0 saturated heterocycles. The minimum Gasteiger partial charge on any atom is -0.299 e. The second-order valence-electron chi connectivity index (χ2n) is 3.16. The molecule has 13 heavy (non-hydrogen) atoms. The fourth-order valence-corrected chi connectivity index (χ4v) is 3.38. The van der Waals surface area contributed by atoms with Crippen LogP contribution in [-0.2, 0) is 4.79 Å². The first-order valence-electron chi connectivity index (χ1n) is 4.23. The summed E-state index contributed by atoms with van der Waals surface area (Å²) in [7, 11) is 0. The molecule has 2 unspecified atom stereocenters. The first kappa shape index (κ1) is 9.15. The summed E-state index contributed by atoms with van der Waals surface area (Å²) >= 11 is 3.10. The van der Waals surface area contributed by atoms with Crippen LogP contribution in [0.5, 0.6) is 0 Å². The average molecular weight is 214 g/mol. The predicted octanol–water partition coefficient (Wildman–Crippen LogP) is 2.00. The quantitative estimate of drug-likeness (QED) is 0.755. The van der Waals surface area contributed by atoms with Crippen LogP contribution in [0.25, 0.3) is 0 Å². The third-order valence-electron chi connectivity index (χ3n) is 2.33. The second kappa shape index (κ2) is 3.75. The molecule has 0 amide bonds. The summed E-state index contributed by atoms with van der Waals surface area (Å²) in [6.07, 6.45) is 3.29. The number of ketones is 1. The van der Waals surface area contributed by atoms with E-state index in [0.717, 1.165) is 17.2 Å². The number of hydrogen-bond donors (Lipinski definition) is 0. The number of aromatic nitrogens is 2. The Kier molecular flexibility index (Phi) is 2.64. The zero-order valence-corrected chi connectivity index (χ0v) is 8.90. The van der Waals surface area contributed by atoms with E-state index in [1.54, 1.807) is 18.1 Å². The second-order valence-corrected chi connectivity index (χ2v) is 5.42. The molecule has 1 aliphatic carbocycles. The van der Waals surface area contributed by atoms with Crippen molar-refractivity contribution in [2.75, 3.05) is 0 Å². The van der Waals surface area contributed by atoms with Gasteiger partial charge in [0.05, 0.1) is 0 Å². The summed E-state index contributed by atoms with van der Waals surface area (Å²) in [4.78, 5) is 15.4. The van der Waals surface area contributed by atoms with Crippen LogP contribution in [-0.4, -0.2) is 20.4 Å². The van der Waals surface area contributed by atoms with Crippen molar-refractivity contribution in [2.24, 2.45) is 5.92 Å². The number of hydrogen-bond acceptors (Lipinski definition) is 5. The molecule has 0 aliphatic heterocycles. The van der Waals surface area contributed by atoms with E-state index in [4.69, 9.17) is 0 Å². The van der Waals surface area contributed by atoms with Crippen LogP contribution in [0, 0.1) is 5.92 Å². The molecule has 0 N–H and O–H groups in total. The van der Waals surface area contributed by atoms with Gasteiger partial charge in [-0.15, -0.1) is 0 Å². The number of Topliss-reactive ketones (excluding diaryl/α,β-unsaturated/α-hetero) is 1. The van der Waals surface area contributed by atoms with Crippen molar-refractivity contribution in [3.05, 3.63) is 6.33 Å². The molecular weight excluding hydrogens is 204 g/mol. The van der Waals surface area contributed by atoms with Crippen LogP contribution in [0.1, 0.15) is 19.8 Å². The molecular formula is C8H10N2OS2. The van der Waals surface area contributed by atoms with E-state index >= 15 is 0 Å². The molecule has 1 aromatic rings. The Hall–Kier alpha value is -0.420. The van der Waals surface area contributed by atoms with Gasteiger partial charge in [0.15, 0.2) is 4.34 Å². The van der Waals surface area contributed by atoms with Gasteiger partial charge in [-0.3, -0.25) is 4.79 Å². The Bertz CT molecular complexity index is 299. The van der Waals surface area contributed by atoms with Crippen molar-refractivity contribution in [2.45, 2.75) is 29.4 Å². The van der Waals surface area contributed by atoms with Gasteiger partial charge in [0, 0.05) is 17.6 Å². The highest BCUT2D eigenvalue weighted by Gasteiger charge is 2.32. The Morgan fingerprint density at radius 2 is 2.54 bits per heavy atom. The van der Waals surface area contributed by atoms with Gasteiger partial charge in [-0.25, -0.2) is 4.98 Å². The number of carbonyl (C=O) groups is 1. The van der Waals surface area contributed by atoms with Crippen molar-refractivity contribution in [3.63, 3.8) is 0 Å². The van der Waals surface area contributed by atoms with Crippen LogP contribution in [0.2, 0.25) is 0 Å². The maximum atomic E-state index is 11.3. The number of carbonyl (C=O) groups excluding carboxylic acids is 1. The molecule has 0 bridgehead atoms. The van der Waals surface area contributed by atoms with Crippen molar-refractivity contribution >= 4 is 29.1 Å². The minimum absolute atomic E-state index is 0.189. The van der Waals surface area contributed by atoms with Gasteiger partial charge < -0.3 is 0 Å². The topological polar surface area (TPSA) is 42.9 Å². The smallest absolute Gasteiger partial charge is 0.170 e. The first-order chi connectivity index (χ1) is 6.27. The monoisotopic (exact) mass is 214 g/mol. The fraction of sp³-hybridized carbons (Fsp3) is 0.625. The molecule has 70 valence electrons. The van der Waals surface area contributed by atoms with Crippen molar-refractivity contribution < 1.29 is 4.79 Å². The Balaban J connectivity index is 2.00. The van der Waals surface area contributed by atoms with Crippen molar-refractivity contribution in [1.82, 2.24) is 9.36 Å². The summed E-state index contributed by atoms with van der Waals surface area (Å²) in [5, 5.41) is 0.417. The van der Waals surface area contributed by atoms with Gasteiger partial charge in [0.2, 0.25) is 0 Å². The van der Waals surface area contributed by atoms with Crippen LogP contribution in [0.3, 0.4) is 0 Å². The molecule has 1 fully saturated rings. The Morgan fingerprint density at radius 1 is 1.69 bits per heavy atom. The lowest BCUT2D eigenvalue weighted by Crippen LogP contribution is -2.11. The van der Waals surface area contributed by atoms with Crippen LogP contribution in [0.15, 0.2) is 10.7 Å². The molecule has 0 spiro atoms. The summed E-state index contributed by atoms with van der Waals surface area (Å²) in [6.45, 7) is 2.01. The lowest BCUT2D eigenvalue weighted by molar-refractivity contribution is -0.120. The van der Waals surface area contributed by atoms with Gasteiger partial charge in [-0.05, 0) is 18.0 Å². The largest absolute Gasteiger partial charge is 0.299 e. The predicted molar refractivity (Wildman–Crippen MR) is 53.0 cm³/mol. The summed E-state index contributed by atoms with van der Waals surface area (Å²) in [5.41, 5.74) is 0. The third-order valence-corrected chi connectivity index (χ3v) is 4.56. The van der Waals surface area contributed by atoms with E-state index in [2.05, 4.69) is 9.36 Å². The van der Waals surface area contributed by atoms with Gasteiger partial charge in [-0.1, -0.05) is 18.7 Å². The lowest BCUT2D eigenvalue weighted by atomic mass is 10.1. The zero-order valence-electron chi connectivity index (χ0n) is 7.27. The normalized spacial score (nSPS) is 28.2. The Labute approximate surface area is 85.1 Å². The number of nitrogens with zero attached hydrogens (tertiary/aromatic N) is 2. The first-order valence-corrected chi connectivity index (χ1v) is 5.88. The number of thioether (sulfide) groups is 1. The highest BCUT2D eigenvalue weighted by molar-refractivity contribution is 8.01. The van der Waals surface area contributed by atoms with Crippen LogP contribution < -0.4 is 0 Å². The van der Waals surface area contributed by atoms with Gasteiger partial charge >= 0.3 is 0 Å². The maximum Gasteiger partial charge on any atom is 0.170 e. The van der Waals surface area contributed by atoms with E-state index in [1.807, 2.05) is 6.92 Å². The van der Waals surface area contributed by atoms with Gasteiger partial charge in [-0.2, -0.15) is 4.37 Å². The molecule has 1 heterocycles. The average Bonchev–Trinajstić information content (AvgIpc) is 2.71. The summed E-state index contributed by atoms with van der Waals surface area (Å²) in [5.74, 6) is 0.580. The molecule has 2 rings (SSSR count). The van der Waals surface area contributed by atoms with Crippen LogP contribution >= 0.6 is 23.3 Å². The molecule has 3 nitrogen and oxygen atoms in total. The highest BCUT2D eigenvalue weighted by Crippen LogP contribution is 2.36. The minimum atomic E-state index is 0.189. The molecule has 5 heteroatoms. The molecule has 0 aromatic carbocycles. The SMILES string of the molecule is CC1C(=O)CCC1Sc1ncns1. The fourth-order valence-electron chi connectivity index (χ4n) is 1.47. The molecule has 1 aliphatic rings. The molecule has 1 aromatic heterocycles. The summed E-state index contributed by atoms with van der Waals surface area (Å²) in [6, 6.07) is 0. The number of rotatable bonds is 2. The lowest BCUT2D eigenvalue weighted by Gasteiger charge is -2.10. The summed E-state index contributed by atoms with van der Waals surface area (Å²) < 4.78 is 4.91. The van der Waals surface area contributed by atoms with E-state index in [0.29, 0.717) is 11.0 Å². The Morgan fingerprint density at radius 3 is 3.08 bits per heavy atom. The third kappa shape index (κ3) is 1.91. The van der Waals surface area contributed by atoms with Crippen LogP contribution in [0.4, 0.5) is 0 Å².